The summed E-state index contributed by atoms with van der Waals surface area (Å²) in [5, 5.41) is 0. The number of nitrogens with zero attached hydrogens (tertiary/aromatic N) is 1. The Morgan fingerprint density at radius 2 is 1.79 bits per heavy atom. The van der Waals surface area contributed by atoms with Crippen LogP contribution in [-0.2, 0) is 15.6 Å². The Bertz CT molecular complexity index is 831. The first-order valence-electron chi connectivity index (χ1n) is 7.74. The lowest BCUT2D eigenvalue weighted by atomic mass is 10.1. The molecule has 0 aliphatic heterocycles. The van der Waals surface area contributed by atoms with Gasteiger partial charge in [-0.25, -0.2) is 17.5 Å². The lowest BCUT2D eigenvalue weighted by Crippen LogP contribution is -2.16. The van der Waals surface area contributed by atoms with E-state index in [9.17, 15) is 13.2 Å². The van der Waals surface area contributed by atoms with E-state index in [0.29, 0.717) is 22.9 Å². The Hall–Kier alpha value is -2.34. The summed E-state index contributed by atoms with van der Waals surface area (Å²) in [5.41, 5.74) is 3.32. The molecule has 0 heterocycles. The van der Waals surface area contributed by atoms with Crippen LogP contribution in [0.3, 0.4) is 0 Å². The number of carbonyl (C=O) groups is 1. The molecular formula is C18H19NO4S. The van der Waals surface area contributed by atoms with E-state index in [4.69, 9.17) is 4.74 Å². The van der Waals surface area contributed by atoms with Crippen molar-refractivity contribution in [2.24, 2.45) is 0 Å². The molecule has 3 rings (SSSR count). The SMILES string of the molecule is COC(=O)c1ccc(C)c(N(c2ccc(C3CC3)cc2)[SH](=O)=O)c1. The molecule has 0 spiro atoms. The Morgan fingerprint density at radius 3 is 2.33 bits per heavy atom. The number of esters is 1. The monoisotopic (exact) mass is 345 g/mol. The van der Waals surface area contributed by atoms with E-state index in [1.165, 1.54) is 29.8 Å². The van der Waals surface area contributed by atoms with Crippen LogP contribution in [0.15, 0.2) is 42.5 Å². The van der Waals surface area contributed by atoms with Gasteiger partial charge in [0.1, 0.15) is 0 Å². The third-order valence-electron chi connectivity index (χ3n) is 4.21. The van der Waals surface area contributed by atoms with Crippen LogP contribution in [0.4, 0.5) is 11.4 Å². The Balaban J connectivity index is 2.03. The molecule has 0 aromatic heterocycles. The molecule has 6 heteroatoms. The number of benzene rings is 2. The van der Waals surface area contributed by atoms with Gasteiger partial charge in [0, 0.05) is 0 Å². The zero-order chi connectivity index (χ0) is 17.3. The zero-order valence-corrected chi connectivity index (χ0v) is 14.5. The second kappa shape index (κ2) is 6.65. The molecule has 2 aromatic carbocycles. The van der Waals surface area contributed by atoms with Crippen LogP contribution in [0.1, 0.15) is 40.2 Å². The number of hydrogen-bond donors (Lipinski definition) is 1. The summed E-state index contributed by atoms with van der Waals surface area (Å²) in [6.45, 7) is 1.81. The van der Waals surface area contributed by atoms with Crippen LogP contribution >= 0.6 is 0 Å². The molecule has 1 fully saturated rings. The lowest BCUT2D eigenvalue weighted by Gasteiger charge is -2.21. The molecule has 0 radical (unpaired) electrons. The van der Waals surface area contributed by atoms with Gasteiger partial charge in [0.2, 0.25) is 10.9 Å². The average Bonchev–Trinajstić information content (AvgIpc) is 3.41. The summed E-state index contributed by atoms with van der Waals surface area (Å²) in [4.78, 5) is 11.7. The molecule has 0 atom stereocenters. The van der Waals surface area contributed by atoms with Gasteiger partial charge in [0.05, 0.1) is 24.0 Å². The maximum absolute atomic E-state index is 11.9. The highest BCUT2D eigenvalue weighted by atomic mass is 32.2. The van der Waals surface area contributed by atoms with E-state index >= 15 is 0 Å². The van der Waals surface area contributed by atoms with E-state index in [1.54, 1.807) is 25.1 Å². The van der Waals surface area contributed by atoms with Crippen LogP contribution < -0.4 is 4.31 Å². The molecule has 0 amide bonds. The zero-order valence-electron chi connectivity index (χ0n) is 13.6. The second-order valence-corrected chi connectivity index (χ2v) is 6.78. The molecule has 1 aliphatic carbocycles. The molecule has 1 saturated carbocycles. The molecule has 0 bridgehead atoms. The van der Waals surface area contributed by atoms with Crippen molar-refractivity contribution in [1.82, 2.24) is 0 Å². The van der Waals surface area contributed by atoms with Gasteiger partial charge in [0.15, 0.2) is 0 Å². The number of carbonyl (C=O) groups excluding carboxylic acids is 1. The van der Waals surface area contributed by atoms with Gasteiger partial charge in [-0.3, -0.25) is 0 Å². The minimum atomic E-state index is -2.90. The lowest BCUT2D eigenvalue weighted by molar-refractivity contribution is 0.0600. The second-order valence-electron chi connectivity index (χ2n) is 5.91. The molecule has 1 aliphatic rings. The van der Waals surface area contributed by atoms with Crippen molar-refractivity contribution in [2.45, 2.75) is 25.7 Å². The van der Waals surface area contributed by atoms with Gasteiger partial charge in [0.25, 0.3) is 0 Å². The van der Waals surface area contributed by atoms with Crippen LogP contribution in [0.25, 0.3) is 0 Å². The van der Waals surface area contributed by atoms with Crippen molar-refractivity contribution >= 4 is 28.2 Å². The summed E-state index contributed by atoms with van der Waals surface area (Å²) in [6, 6.07) is 12.4. The molecular weight excluding hydrogens is 326 g/mol. The number of hydrogen-bond acceptors (Lipinski definition) is 4. The van der Waals surface area contributed by atoms with Gasteiger partial charge in [-0.05, 0) is 61.1 Å². The van der Waals surface area contributed by atoms with Crippen molar-refractivity contribution < 1.29 is 17.9 Å². The predicted octanol–water partition coefficient (Wildman–Crippen LogP) is 3.32. The Morgan fingerprint density at radius 1 is 1.12 bits per heavy atom. The van der Waals surface area contributed by atoms with Crippen molar-refractivity contribution in [3.8, 4) is 0 Å². The number of aryl methyl sites for hydroxylation is 1. The highest BCUT2D eigenvalue weighted by Crippen LogP contribution is 2.41. The maximum atomic E-state index is 11.9. The van der Waals surface area contributed by atoms with Gasteiger partial charge >= 0.3 is 5.97 Å². The molecule has 5 nitrogen and oxygen atoms in total. The number of ether oxygens (including phenoxy) is 1. The third kappa shape index (κ3) is 3.28. The van der Waals surface area contributed by atoms with E-state index in [0.717, 1.165) is 5.56 Å². The summed E-state index contributed by atoms with van der Waals surface area (Å²) in [7, 11) is -1.60. The van der Waals surface area contributed by atoms with E-state index in [2.05, 4.69) is 0 Å². The quantitative estimate of drug-likeness (QED) is 0.667. The van der Waals surface area contributed by atoms with E-state index in [1.807, 2.05) is 24.3 Å². The van der Waals surface area contributed by atoms with Crippen molar-refractivity contribution in [1.29, 1.82) is 0 Å². The Labute approximate surface area is 142 Å². The maximum Gasteiger partial charge on any atom is 0.337 e. The number of methoxy groups -OCH3 is 1. The molecule has 0 unspecified atom stereocenters. The van der Waals surface area contributed by atoms with Crippen LogP contribution in [0.2, 0.25) is 0 Å². The predicted molar refractivity (Wildman–Crippen MR) is 93.4 cm³/mol. The largest absolute Gasteiger partial charge is 0.465 e. The Kier molecular flexibility index (Phi) is 4.57. The van der Waals surface area contributed by atoms with Crippen LogP contribution in [-0.4, -0.2) is 21.5 Å². The normalized spacial score (nSPS) is 13.8. The first-order chi connectivity index (χ1) is 11.5. The highest BCUT2D eigenvalue weighted by Gasteiger charge is 2.24. The van der Waals surface area contributed by atoms with Crippen LogP contribution in [0, 0.1) is 6.92 Å². The molecule has 2 aromatic rings. The number of thiol groups is 1. The average molecular weight is 345 g/mol. The fourth-order valence-corrected chi connectivity index (χ4v) is 3.42. The van der Waals surface area contributed by atoms with Crippen molar-refractivity contribution in [3.63, 3.8) is 0 Å². The smallest absolute Gasteiger partial charge is 0.337 e. The topological polar surface area (TPSA) is 63.7 Å². The fraction of sp³-hybridized carbons (Fsp3) is 0.278. The minimum absolute atomic E-state index is 0.314. The molecule has 24 heavy (non-hydrogen) atoms. The van der Waals surface area contributed by atoms with Gasteiger partial charge in [-0.1, -0.05) is 18.2 Å². The molecule has 0 saturated heterocycles. The standard InChI is InChI=1S/C18H19NO4S/c1-12-3-4-15(18(20)23-2)11-17(12)19(24(21)22)16-9-7-14(8-10-16)13-5-6-13/h3-4,7-11,13,24H,5-6H2,1-2H3. The summed E-state index contributed by atoms with van der Waals surface area (Å²) in [6.07, 6.45) is 2.39. The van der Waals surface area contributed by atoms with Gasteiger partial charge in [-0.2, -0.15) is 0 Å². The third-order valence-corrected chi connectivity index (χ3v) is 4.98. The highest BCUT2D eigenvalue weighted by molar-refractivity contribution is 7.74. The van der Waals surface area contributed by atoms with E-state index < -0.39 is 16.9 Å². The van der Waals surface area contributed by atoms with Crippen molar-refractivity contribution in [3.05, 3.63) is 59.2 Å². The number of anilines is 2. The summed E-state index contributed by atoms with van der Waals surface area (Å²) in [5.74, 6) is 0.110. The van der Waals surface area contributed by atoms with Gasteiger partial charge in [-0.15, -0.1) is 0 Å². The summed E-state index contributed by atoms with van der Waals surface area (Å²) < 4.78 is 29.7. The minimum Gasteiger partial charge on any atom is -0.465 e. The summed E-state index contributed by atoms with van der Waals surface area (Å²) >= 11 is 0. The first-order valence-corrected chi connectivity index (χ1v) is 8.87. The molecule has 0 N–H and O–H groups in total. The number of rotatable bonds is 5. The first kappa shape index (κ1) is 16.5. The molecule has 126 valence electrons. The fourth-order valence-electron chi connectivity index (χ4n) is 2.71. The van der Waals surface area contributed by atoms with Crippen molar-refractivity contribution in [2.75, 3.05) is 11.4 Å². The van der Waals surface area contributed by atoms with Gasteiger partial charge < -0.3 is 4.74 Å². The van der Waals surface area contributed by atoms with Crippen LogP contribution in [0.5, 0.6) is 0 Å². The van der Waals surface area contributed by atoms with E-state index in [-0.39, 0.29) is 0 Å².